The molecule has 0 unspecified atom stereocenters. The van der Waals surface area contributed by atoms with E-state index < -0.39 is 0 Å². The highest BCUT2D eigenvalue weighted by atomic mass is 16.2. The number of nitrogens with one attached hydrogen (secondary N) is 2. The minimum absolute atomic E-state index is 0.0730. The van der Waals surface area contributed by atoms with Crippen molar-refractivity contribution in [1.29, 1.82) is 0 Å². The lowest BCUT2D eigenvalue weighted by atomic mass is 10.1. The number of ketones is 1. The fourth-order valence-electron chi connectivity index (χ4n) is 1.30. The Hall–Kier alpha value is -1.84. The third kappa shape index (κ3) is 5.70. The second kappa shape index (κ2) is 6.68. The number of rotatable bonds is 5. The number of carbonyl (C=O) groups is 2. The highest BCUT2D eigenvalue weighted by Gasteiger charge is 2.00. The van der Waals surface area contributed by atoms with E-state index in [0.29, 0.717) is 19.5 Å². The summed E-state index contributed by atoms with van der Waals surface area (Å²) in [5.41, 5.74) is 2.25. The summed E-state index contributed by atoms with van der Waals surface area (Å²) in [5, 5.41) is 5.36. The maximum absolute atomic E-state index is 11.3. The highest BCUT2D eigenvalue weighted by molar-refractivity contribution is 5.77. The molecule has 4 heteroatoms. The van der Waals surface area contributed by atoms with Gasteiger partial charge in [0.2, 0.25) is 0 Å². The van der Waals surface area contributed by atoms with Crippen LogP contribution in [0.3, 0.4) is 0 Å². The van der Waals surface area contributed by atoms with Crippen LogP contribution in [0.1, 0.15) is 24.5 Å². The summed E-state index contributed by atoms with van der Waals surface area (Å²) in [6, 6.07) is 7.72. The van der Waals surface area contributed by atoms with E-state index in [2.05, 4.69) is 10.6 Å². The summed E-state index contributed by atoms with van der Waals surface area (Å²) in [4.78, 5) is 22.0. The van der Waals surface area contributed by atoms with Crippen molar-refractivity contribution in [2.24, 2.45) is 0 Å². The molecule has 0 spiro atoms. The maximum atomic E-state index is 11.3. The van der Waals surface area contributed by atoms with Crippen LogP contribution in [-0.2, 0) is 11.3 Å². The van der Waals surface area contributed by atoms with Gasteiger partial charge in [-0.3, -0.25) is 4.79 Å². The molecular weight excluding hydrogens is 216 g/mol. The molecule has 2 N–H and O–H groups in total. The van der Waals surface area contributed by atoms with Crippen LogP contribution >= 0.6 is 0 Å². The van der Waals surface area contributed by atoms with E-state index in [-0.39, 0.29) is 11.8 Å². The molecule has 1 rings (SSSR count). The number of hydrogen-bond acceptors (Lipinski definition) is 2. The van der Waals surface area contributed by atoms with Gasteiger partial charge in [-0.05, 0) is 19.4 Å². The van der Waals surface area contributed by atoms with Gasteiger partial charge in [0.1, 0.15) is 5.78 Å². The fraction of sp³-hybridized carbons (Fsp3) is 0.385. The first-order valence-corrected chi connectivity index (χ1v) is 5.64. The zero-order chi connectivity index (χ0) is 12.7. The molecule has 0 aromatic heterocycles. The molecule has 1 aromatic carbocycles. The summed E-state index contributed by atoms with van der Waals surface area (Å²) in [7, 11) is 0. The van der Waals surface area contributed by atoms with Crippen LogP contribution in [-0.4, -0.2) is 18.4 Å². The van der Waals surface area contributed by atoms with Crippen LogP contribution in [0.5, 0.6) is 0 Å². The van der Waals surface area contributed by atoms with Crippen molar-refractivity contribution < 1.29 is 9.59 Å². The second-order valence-corrected chi connectivity index (χ2v) is 4.05. The van der Waals surface area contributed by atoms with Crippen LogP contribution in [0.2, 0.25) is 0 Å². The Morgan fingerprint density at radius 1 is 1.12 bits per heavy atom. The van der Waals surface area contributed by atoms with Gasteiger partial charge in [-0.25, -0.2) is 4.79 Å². The molecule has 1 aromatic rings. The van der Waals surface area contributed by atoms with E-state index in [4.69, 9.17) is 0 Å². The van der Waals surface area contributed by atoms with Gasteiger partial charge in [0.25, 0.3) is 0 Å². The quantitative estimate of drug-likeness (QED) is 0.815. The molecule has 0 atom stereocenters. The highest BCUT2D eigenvalue weighted by Crippen LogP contribution is 2.02. The summed E-state index contributed by atoms with van der Waals surface area (Å²) < 4.78 is 0. The number of hydrogen-bond donors (Lipinski definition) is 2. The average Bonchev–Trinajstić information content (AvgIpc) is 2.28. The summed E-state index contributed by atoms with van der Waals surface area (Å²) in [5.74, 6) is 0.0730. The normalized spacial score (nSPS) is 9.76. The number of aryl methyl sites for hydroxylation is 1. The SMILES string of the molecule is CC(=O)CCNC(=O)NCc1ccc(C)cc1. The molecule has 0 bridgehead atoms. The molecule has 0 saturated carbocycles. The molecule has 4 nitrogen and oxygen atoms in total. The first-order chi connectivity index (χ1) is 8.08. The maximum Gasteiger partial charge on any atom is 0.315 e. The van der Waals surface area contributed by atoms with Gasteiger partial charge in [0.15, 0.2) is 0 Å². The van der Waals surface area contributed by atoms with Gasteiger partial charge < -0.3 is 10.6 Å². The van der Waals surface area contributed by atoms with Gasteiger partial charge in [0, 0.05) is 19.5 Å². The van der Waals surface area contributed by atoms with Crippen molar-refractivity contribution in [3.63, 3.8) is 0 Å². The Kier molecular flexibility index (Phi) is 5.20. The number of Topliss-reactive ketones (excluding diaryl/α,β-unsaturated/α-hetero) is 1. The van der Waals surface area contributed by atoms with E-state index in [0.717, 1.165) is 5.56 Å². The topological polar surface area (TPSA) is 58.2 Å². The van der Waals surface area contributed by atoms with Crippen molar-refractivity contribution >= 4 is 11.8 Å². The van der Waals surface area contributed by atoms with Gasteiger partial charge in [-0.15, -0.1) is 0 Å². The molecular formula is C13H18N2O2. The lowest BCUT2D eigenvalue weighted by Crippen LogP contribution is -2.36. The van der Waals surface area contributed by atoms with E-state index >= 15 is 0 Å². The number of carbonyl (C=O) groups excluding carboxylic acids is 2. The summed E-state index contributed by atoms with van der Waals surface area (Å²) >= 11 is 0. The monoisotopic (exact) mass is 234 g/mol. The molecule has 17 heavy (non-hydrogen) atoms. The predicted octanol–water partition coefficient (Wildman–Crippen LogP) is 1.77. The minimum atomic E-state index is -0.244. The lowest BCUT2D eigenvalue weighted by Gasteiger charge is -2.07. The predicted molar refractivity (Wildman–Crippen MR) is 66.7 cm³/mol. The molecule has 0 fully saturated rings. The molecule has 92 valence electrons. The Morgan fingerprint density at radius 3 is 2.35 bits per heavy atom. The fourth-order valence-corrected chi connectivity index (χ4v) is 1.30. The first-order valence-electron chi connectivity index (χ1n) is 5.64. The Labute approximate surface area is 101 Å². The standard InChI is InChI=1S/C13H18N2O2/c1-10-3-5-12(6-4-10)9-15-13(17)14-8-7-11(2)16/h3-6H,7-9H2,1-2H3,(H2,14,15,17). The van der Waals surface area contributed by atoms with Crippen molar-refractivity contribution in [3.05, 3.63) is 35.4 Å². The molecule has 0 saturated heterocycles. The zero-order valence-corrected chi connectivity index (χ0v) is 10.2. The van der Waals surface area contributed by atoms with Gasteiger partial charge in [-0.2, -0.15) is 0 Å². The summed E-state index contributed by atoms with van der Waals surface area (Å²) in [6.07, 6.45) is 0.373. The molecule has 0 radical (unpaired) electrons. The summed E-state index contributed by atoms with van der Waals surface area (Å²) in [6.45, 7) is 4.40. The van der Waals surface area contributed by atoms with Gasteiger partial charge in [0.05, 0.1) is 0 Å². The van der Waals surface area contributed by atoms with E-state index in [9.17, 15) is 9.59 Å². The third-order valence-corrected chi connectivity index (χ3v) is 2.34. The van der Waals surface area contributed by atoms with Crippen molar-refractivity contribution in [1.82, 2.24) is 10.6 Å². The van der Waals surface area contributed by atoms with Gasteiger partial charge in [-0.1, -0.05) is 29.8 Å². The Morgan fingerprint density at radius 2 is 1.76 bits per heavy atom. The van der Waals surface area contributed by atoms with Gasteiger partial charge >= 0.3 is 6.03 Å². The lowest BCUT2D eigenvalue weighted by molar-refractivity contribution is -0.116. The Bertz CT molecular complexity index is 385. The van der Waals surface area contributed by atoms with E-state index in [1.54, 1.807) is 0 Å². The molecule has 0 aliphatic carbocycles. The molecule has 0 aliphatic rings. The largest absolute Gasteiger partial charge is 0.338 e. The third-order valence-electron chi connectivity index (χ3n) is 2.34. The first kappa shape index (κ1) is 13.2. The number of urea groups is 1. The Balaban J connectivity index is 2.23. The number of amides is 2. The van der Waals surface area contributed by atoms with Crippen LogP contribution in [0, 0.1) is 6.92 Å². The van der Waals surface area contributed by atoms with E-state index in [1.165, 1.54) is 12.5 Å². The van der Waals surface area contributed by atoms with Crippen LogP contribution in [0.4, 0.5) is 4.79 Å². The molecule has 0 heterocycles. The van der Waals surface area contributed by atoms with Crippen molar-refractivity contribution in [3.8, 4) is 0 Å². The van der Waals surface area contributed by atoms with Crippen LogP contribution < -0.4 is 10.6 Å². The van der Waals surface area contributed by atoms with E-state index in [1.807, 2.05) is 31.2 Å². The second-order valence-electron chi connectivity index (χ2n) is 4.05. The van der Waals surface area contributed by atoms with Crippen LogP contribution in [0.25, 0.3) is 0 Å². The molecule has 0 aliphatic heterocycles. The smallest absolute Gasteiger partial charge is 0.315 e. The van der Waals surface area contributed by atoms with Crippen molar-refractivity contribution in [2.75, 3.05) is 6.54 Å². The average molecular weight is 234 g/mol. The zero-order valence-electron chi connectivity index (χ0n) is 10.2. The molecule has 2 amide bonds. The minimum Gasteiger partial charge on any atom is -0.338 e. The van der Waals surface area contributed by atoms with Crippen molar-refractivity contribution in [2.45, 2.75) is 26.8 Å². The van der Waals surface area contributed by atoms with Crippen LogP contribution in [0.15, 0.2) is 24.3 Å². The number of benzene rings is 1.